The van der Waals surface area contributed by atoms with Crippen LogP contribution in [0.4, 0.5) is 5.13 Å². The second-order valence-electron chi connectivity index (χ2n) is 5.36. The van der Waals surface area contributed by atoms with Crippen LogP contribution in [0.1, 0.15) is 5.56 Å². The number of halogens is 1. The Balaban J connectivity index is 1.75. The number of aromatic nitrogens is 1. The molecule has 0 fully saturated rings. The Bertz CT molecular complexity index is 942. The molecular weight excluding hydrogens is 386 g/mol. The summed E-state index contributed by atoms with van der Waals surface area (Å²) in [5.74, 6) is 1.81. The number of methoxy groups -OCH3 is 3. The van der Waals surface area contributed by atoms with Crippen LogP contribution in [-0.2, 0) is 0 Å². The number of nitrogens with zero attached hydrogens (tertiary/aromatic N) is 2. The highest BCUT2D eigenvalue weighted by atomic mass is 35.5. The summed E-state index contributed by atoms with van der Waals surface area (Å²) in [7, 11) is 4.75. The topological polar surface area (TPSA) is 65.0 Å². The summed E-state index contributed by atoms with van der Waals surface area (Å²) < 4.78 is 16.0. The van der Waals surface area contributed by atoms with Crippen LogP contribution in [-0.4, -0.2) is 32.5 Å². The Hall–Kier alpha value is -2.77. The van der Waals surface area contributed by atoms with Crippen LogP contribution < -0.4 is 19.6 Å². The van der Waals surface area contributed by atoms with E-state index in [1.54, 1.807) is 39.7 Å². The van der Waals surface area contributed by atoms with Gasteiger partial charge in [0.2, 0.25) is 5.13 Å². The van der Waals surface area contributed by atoms with E-state index in [-0.39, 0.29) is 0 Å². The average molecular weight is 404 g/mol. The van der Waals surface area contributed by atoms with Gasteiger partial charge < -0.3 is 14.2 Å². The summed E-state index contributed by atoms with van der Waals surface area (Å²) in [4.78, 5) is 4.52. The van der Waals surface area contributed by atoms with E-state index in [1.165, 1.54) is 11.3 Å². The maximum Gasteiger partial charge on any atom is 0.203 e. The molecule has 0 unspecified atom stereocenters. The molecule has 1 heterocycles. The molecule has 0 aliphatic carbocycles. The van der Waals surface area contributed by atoms with Gasteiger partial charge in [0.1, 0.15) is 5.75 Å². The highest BCUT2D eigenvalue weighted by Crippen LogP contribution is 2.34. The van der Waals surface area contributed by atoms with Gasteiger partial charge in [-0.15, -0.1) is 11.3 Å². The van der Waals surface area contributed by atoms with Crippen molar-refractivity contribution in [1.29, 1.82) is 0 Å². The molecule has 140 valence electrons. The van der Waals surface area contributed by atoms with Gasteiger partial charge in [0.25, 0.3) is 0 Å². The van der Waals surface area contributed by atoms with Crippen molar-refractivity contribution in [2.24, 2.45) is 5.10 Å². The smallest absolute Gasteiger partial charge is 0.203 e. The van der Waals surface area contributed by atoms with E-state index in [0.717, 1.165) is 16.8 Å². The molecule has 27 heavy (non-hydrogen) atoms. The third kappa shape index (κ3) is 4.50. The summed E-state index contributed by atoms with van der Waals surface area (Å²) >= 11 is 7.38. The van der Waals surface area contributed by atoms with E-state index in [1.807, 2.05) is 29.6 Å². The largest absolute Gasteiger partial charge is 0.496 e. The summed E-state index contributed by atoms with van der Waals surface area (Å²) in [6.07, 6.45) is 1.64. The Morgan fingerprint density at radius 3 is 2.33 bits per heavy atom. The van der Waals surface area contributed by atoms with Gasteiger partial charge in [0.05, 0.1) is 33.2 Å². The molecule has 3 aromatic rings. The number of benzene rings is 2. The van der Waals surface area contributed by atoms with Crippen molar-refractivity contribution in [3.8, 4) is 28.5 Å². The molecule has 1 N–H and O–H groups in total. The fourth-order valence-electron chi connectivity index (χ4n) is 2.39. The van der Waals surface area contributed by atoms with Crippen LogP contribution in [0.2, 0.25) is 5.02 Å². The molecule has 0 atom stereocenters. The van der Waals surface area contributed by atoms with Crippen LogP contribution >= 0.6 is 22.9 Å². The molecule has 0 radical (unpaired) electrons. The first kappa shape index (κ1) is 19.0. The molecule has 8 heteroatoms. The number of ether oxygens (including phenoxy) is 3. The molecule has 1 aromatic heterocycles. The Labute approximate surface area is 166 Å². The molecule has 0 aliphatic rings. The van der Waals surface area contributed by atoms with E-state index < -0.39 is 0 Å². The molecule has 0 aliphatic heterocycles. The van der Waals surface area contributed by atoms with Crippen LogP contribution in [0.15, 0.2) is 46.9 Å². The molecule has 6 nitrogen and oxygen atoms in total. The molecule has 2 aromatic carbocycles. The molecule has 3 rings (SSSR count). The van der Waals surface area contributed by atoms with Gasteiger partial charge >= 0.3 is 0 Å². The Morgan fingerprint density at radius 2 is 1.67 bits per heavy atom. The second-order valence-corrected chi connectivity index (χ2v) is 6.66. The average Bonchev–Trinajstić information content (AvgIpc) is 3.17. The highest BCUT2D eigenvalue weighted by molar-refractivity contribution is 7.14. The molecular formula is C19H18ClN3O3S. The molecule has 0 saturated carbocycles. The zero-order valence-corrected chi connectivity index (χ0v) is 16.6. The SMILES string of the molecule is COc1cc(OC)c(OC)cc1/C=N\Nc1nc(-c2ccc(Cl)cc2)cs1. The van der Waals surface area contributed by atoms with E-state index in [9.17, 15) is 0 Å². The van der Waals surface area contributed by atoms with Crippen molar-refractivity contribution in [3.63, 3.8) is 0 Å². The van der Waals surface area contributed by atoms with Crippen LogP contribution in [0.5, 0.6) is 17.2 Å². The van der Waals surface area contributed by atoms with Gasteiger partial charge in [-0.1, -0.05) is 23.7 Å². The number of hydrogen-bond donors (Lipinski definition) is 1. The van der Waals surface area contributed by atoms with Gasteiger partial charge in [-0.3, -0.25) is 5.43 Å². The van der Waals surface area contributed by atoms with Crippen LogP contribution in [0.3, 0.4) is 0 Å². The summed E-state index contributed by atoms with van der Waals surface area (Å²) in [5, 5.41) is 7.58. The quantitative estimate of drug-likeness (QED) is 0.447. The number of anilines is 1. The van der Waals surface area contributed by atoms with Crippen molar-refractivity contribution in [3.05, 3.63) is 52.4 Å². The minimum absolute atomic E-state index is 0.590. The predicted octanol–water partition coefficient (Wildman–Crippen LogP) is 4.94. The molecule has 0 saturated heterocycles. The number of rotatable bonds is 7. The lowest BCUT2D eigenvalue weighted by Crippen LogP contribution is -1.98. The van der Waals surface area contributed by atoms with Crippen molar-refractivity contribution in [2.45, 2.75) is 0 Å². The maximum absolute atomic E-state index is 5.92. The van der Waals surface area contributed by atoms with Crippen molar-refractivity contribution < 1.29 is 14.2 Å². The van der Waals surface area contributed by atoms with E-state index >= 15 is 0 Å². The van der Waals surface area contributed by atoms with Crippen molar-refractivity contribution in [2.75, 3.05) is 26.8 Å². The number of thiazole rings is 1. The molecule has 0 bridgehead atoms. The minimum Gasteiger partial charge on any atom is -0.496 e. The van der Waals surface area contributed by atoms with Crippen molar-refractivity contribution in [1.82, 2.24) is 4.98 Å². The summed E-state index contributed by atoms with van der Waals surface area (Å²) in [5.41, 5.74) is 5.54. The minimum atomic E-state index is 0.590. The lowest BCUT2D eigenvalue weighted by Gasteiger charge is -2.11. The summed E-state index contributed by atoms with van der Waals surface area (Å²) in [6.45, 7) is 0. The standard InChI is InChI=1S/C19H18ClN3O3S/c1-24-16-9-18(26-3)17(25-2)8-13(16)10-21-23-19-22-15(11-27-19)12-4-6-14(20)7-5-12/h4-11H,1-3H3,(H,22,23)/b21-10-. The van der Waals surface area contributed by atoms with Gasteiger partial charge in [0.15, 0.2) is 11.5 Å². The highest BCUT2D eigenvalue weighted by Gasteiger charge is 2.10. The van der Waals surface area contributed by atoms with Crippen LogP contribution in [0.25, 0.3) is 11.3 Å². The third-order valence-corrected chi connectivity index (χ3v) is 4.74. The predicted molar refractivity (Wildman–Crippen MR) is 110 cm³/mol. The molecule has 0 amide bonds. The van der Waals surface area contributed by atoms with Gasteiger partial charge in [-0.25, -0.2) is 4.98 Å². The first-order valence-electron chi connectivity index (χ1n) is 7.95. The van der Waals surface area contributed by atoms with Gasteiger partial charge in [0, 0.05) is 27.6 Å². The zero-order valence-electron chi connectivity index (χ0n) is 15.0. The zero-order chi connectivity index (χ0) is 19.2. The number of hydrazone groups is 1. The normalized spacial score (nSPS) is 10.8. The monoisotopic (exact) mass is 403 g/mol. The Kier molecular flexibility index (Phi) is 6.16. The first-order chi connectivity index (χ1) is 13.1. The second kappa shape index (κ2) is 8.75. The van der Waals surface area contributed by atoms with Gasteiger partial charge in [-0.05, 0) is 18.2 Å². The molecule has 0 spiro atoms. The fraction of sp³-hybridized carbons (Fsp3) is 0.158. The Morgan fingerprint density at radius 1 is 1.00 bits per heavy atom. The van der Waals surface area contributed by atoms with E-state index in [4.69, 9.17) is 25.8 Å². The van der Waals surface area contributed by atoms with Crippen LogP contribution in [0, 0.1) is 0 Å². The number of hydrogen-bond acceptors (Lipinski definition) is 7. The van der Waals surface area contributed by atoms with Crippen molar-refractivity contribution >= 4 is 34.3 Å². The lowest BCUT2D eigenvalue weighted by atomic mass is 10.2. The summed E-state index contributed by atoms with van der Waals surface area (Å²) in [6, 6.07) is 11.1. The third-order valence-electron chi connectivity index (χ3n) is 3.74. The van der Waals surface area contributed by atoms with E-state index in [2.05, 4.69) is 15.5 Å². The fourth-order valence-corrected chi connectivity index (χ4v) is 3.18. The van der Waals surface area contributed by atoms with E-state index in [0.29, 0.717) is 27.4 Å². The maximum atomic E-state index is 5.92. The number of nitrogens with one attached hydrogen (secondary N) is 1. The lowest BCUT2D eigenvalue weighted by molar-refractivity contribution is 0.349. The first-order valence-corrected chi connectivity index (χ1v) is 9.21. The van der Waals surface area contributed by atoms with Gasteiger partial charge in [-0.2, -0.15) is 5.10 Å².